The Morgan fingerprint density at radius 1 is 1.13 bits per heavy atom. The molecule has 5 nitrogen and oxygen atoms in total. The van der Waals surface area contributed by atoms with Crippen LogP contribution in [0, 0.1) is 13.8 Å². The second-order valence-corrected chi connectivity index (χ2v) is 9.20. The van der Waals surface area contributed by atoms with Crippen LogP contribution < -0.4 is 9.62 Å². The van der Waals surface area contributed by atoms with Crippen molar-refractivity contribution in [1.82, 2.24) is 0 Å². The third-order valence-corrected chi connectivity index (χ3v) is 6.12. The number of sulfonamides is 1. The van der Waals surface area contributed by atoms with Gasteiger partial charge in [0.2, 0.25) is 15.9 Å². The van der Waals surface area contributed by atoms with E-state index in [0.29, 0.717) is 11.8 Å². The van der Waals surface area contributed by atoms with E-state index in [1.807, 2.05) is 13.8 Å². The molecule has 2 rings (SSSR count). The van der Waals surface area contributed by atoms with Gasteiger partial charge in [-0.2, -0.15) is 13.2 Å². The number of nitrogens with one attached hydrogen (secondary N) is 1. The fraction of sp³-hybridized carbons (Fsp3) is 0.350. The minimum absolute atomic E-state index is 0.103. The van der Waals surface area contributed by atoms with Crippen molar-refractivity contribution in [3.63, 3.8) is 0 Å². The summed E-state index contributed by atoms with van der Waals surface area (Å²) in [7, 11) is -3.86. The third kappa shape index (κ3) is 5.46. The summed E-state index contributed by atoms with van der Waals surface area (Å²) in [5, 5.41) is 1.88. The molecule has 0 spiro atoms. The van der Waals surface area contributed by atoms with Crippen LogP contribution >= 0.6 is 11.6 Å². The summed E-state index contributed by atoms with van der Waals surface area (Å²) in [6, 6.07) is 6.78. The monoisotopic (exact) mass is 462 g/mol. The van der Waals surface area contributed by atoms with Crippen molar-refractivity contribution in [3.8, 4) is 0 Å². The second kappa shape index (κ2) is 8.85. The summed E-state index contributed by atoms with van der Waals surface area (Å²) in [4.78, 5) is 12.9. The molecule has 1 N–H and O–H groups in total. The number of aryl methyl sites for hydroxylation is 2. The van der Waals surface area contributed by atoms with Crippen LogP contribution in [0.25, 0.3) is 0 Å². The van der Waals surface area contributed by atoms with Crippen LogP contribution in [0.4, 0.5) is 24.5 Å². The Balaban J connectivity index is 2.43. The molecule has 0 unspecified atom stereocenters. The van der Waals surface area contributed by atoms with Crippen molar-refractivity contribution in [3.05, 3.63) is 58.1 Å². The zero-order valence-corrected chi connectivity index (χ0v) is 18.4. The molecule has 0 aliphatic carbocycles. The number of benzene rings is 2. The lowest BCUT2D eigenvalue weighted by atomic mass is 10.1. The van der Waals surface area contributed by atoms with Crippen LogP contribution in [0.15, 0.2) is 36.4 Å². The molecule has 2 aromatic carbocycles. The molecule has 10 heteroatoms. The van der Waals surface area contributed by atoms with Gasteiger partial charge in [0, 0.05) is 5.69 Å². The first-order chi connectivity index (χ1) is 13.8. The molecule has 0 aliphatic heterocycles. The Morgan fingerprint density at radius 3 is 2.27 bits per heavy atom. The maximum absolute atomic E-state index is 13.1. The Kier molecular flexibility index (Phi) is 7.08. The Labute approximate surface area is 178 Å². The number of carbonyl (C=O) groups is 1. The Hall–Kier alpha value is -2.26. The predicted molar refractivity (Wildman–Crippen MR) is 112 cm³/mol. The average molecular weight is 463 g/mol. The van der Waals surface area contributed by atoms with Crippen LogP contribution in [0.3, 0.4) is 0 Å². The zero-order chi connectivity index (χ0) is 22.9. The van der Waals surface area contributed by atoms with E-state index in [9.17, 15) is 26.4 Å². The quantitative estimate of drug-likeness (QED) is 0.644. The van der Waals surface area contributed by atoms with Crippen molar-refractivity contribution in [2.24, 2.45) is 0 Å². The standard InChI is InChI=1S/C20H22ClF3N2O3S/c1-5-18(26(30(4,28)29)15-8-6-12(2)13(3)10-15)19(27)25-14-7-9-17(21)16(11-14)20(22,23)24/h6-11,18H,5H2,1-4H3,(H,25,27)/t18-/m1/s1. The van der Waals surface area contributed by atoms with Gasteiger partial charge >= 0.3 is 6.18 Å². The molecule has 0 aliphatic rings. The lowest BCUT2D eigenvalue weighted by Crippen LogP contribution is -2.47. The van der Waals surface area contributed by atoms with Gasteiger partial charge in [0.1, 0.15) is 6.04 Å². The van der Waals surface area contributed by atoms with Crippen LogP contribution in [-0.4, -0.2) is 26.6 Å². The van der Waals surface area contributed by atoms with Crippen molar-refractivity contribution in [1.29, 1.82) is 0 Å². The minimum atomic E-state index is -4.69. The normalized spacial score (nSPS) is 13.1. The molecule has 30 heavy (non-hydrogen) atoms. The number of alkyl halides is 3. The molecule has 1 atom stereocenters. The highest BCUT2D eigenvalue weighted by atomic mass is 35.5. The highest BCUT2D eigenvalue weighted by Gasteiger charge is 2.35. The molecule has 2 aromatic rings. The number of hydrogen-bond donors (Lipinski definition) is 1. The van der Waals surface area contributed by atoms with Crippen molar-refractivity contribution >= 4 is 38.9 Å². The highest BCUT2D eigenvalue weighted by molar-refractivity contribution is 7.92. The summed E-state index contributed by atoms with van der Waals surface area (Å²) in [5.74, 6) is -0.753. The number of anilines is 2. The predicted octanol–water partition coefficient (Wildman–Crippen LogP) is 5.16. The molecule has 0 bridgehead atoms. The van der Waals surface area contributed by atoms with E-state index in [1.54, 1.807) is 25.1 Å². The third-order valence-electron chi connectivity index (χ3n) is 4.61. The molecule has 0 saturated heterocycles. The molecular formula is C20H22ClF3N2O3S. The van der Waals surface area contributed by atoms with Crippen molar-refractivity contribution in [2.45, 2.75) is 39.4 Å². The molecule has 0 radical (unpaired) electrons. The minimum Gasteiger partial charge on any atom is -0.324 e. The zero-order valence-electron chi connectivity index (χ0n) is 16.8. The van der Waals surface area contributed by atoms with Crippen LogP contribution in [0.5, 0.6) is 0 Å². The van der Waals surface area contributed by atoms with Gasteiger partial charge in [0.15, 0.2) is 0 Å². The number of halogens is 4. The lowest BCUT2D eigenvalue weighted by Gasteiger charge is -2.30. The van der Waals surface area contributed by atoms with Gasteiger partial charge in [0.05, 0.1) is 22.5 Å². The van der Waals surface area contributed by atoms with E-state index in [0.717, 1.165) is 27.8 Å². The van der Waals surface area contributed by atoms with E-state index in [4.69, 9.17) is 11.6 Å². The van der Waals surface area contributed by atoms with E-state index in [1.165, 1.54) is 6.07 Å². The van der Waals surface area contributed by atoms with Gasteiger partial charge in [-0.1, -0.05) is 24.6 Å². The lowest BCUT2D eigenvalue weighted by molar-refractivity contribution is -0.137. The topological polar surface area (TPSA) is 66.5 Å². The van der Waals surface area contributed by atoms with Crippen molar-refractivity contribution in [2.75, 3.05) is 15.9 Å². The van der Waals surface area contributed by atoms with Gasteiger partial charge in [-0.25, -0.2) is 8.42 Å². The van der Waals surface area contributed by atoms with E-state index >= 15 is 0 Å². The summed E-state index contributed by atoms with van der Waals surface area (Å²) >= 11 is 5.60. The van der Waals surface area contributed by atoms with Gasteiger partial charge in [-0.3, -0.25) is 9.10 Å². The van der Waals surface area contributed by atoms with E-state index in [2.05, 4.69) is 5.32 Å². The van der Waals surface area contributed by atoms with Gasteiger partial charge in [0.25, 0.3) is 0 Å². The number of amides is 1. The molecule has 0 heterocycles. The summed E-state index contributed by atoms with van der Waals surface area (Å²) in [6.07, 6.45) is -3.62. The summed E-state index contributed by atoms with van der Waals surface area (Å²) in [6.45, 7) is 5.30. The maximum Gasteiger partial charge on any atom is 0.417 e. The summed E-state index contributed by atoms with van der Waals surface area (Å²) < 4.78 is 65.2. The largest absolute Gasteiger partial charge is 0.417 e. The highest BCUT2D eigenvalue weighted by Crippen LogP contribution is 2.36. The van der Waals surface area contributed by atoms with E-state index in [-0.39, 0.29) is 12.1 Å². The molecule has 1 amide bonds. The number of carbonyl (C=O) groups excluding carboxylic acids is 1. The SMILES string of the molecule is CC[C@H](C(=O)Nc1ccc(Cl)c(C(F)(F)F)c1)N(c1ccc(C)c(C)c1)S(C)(=O)=O. The van der Waals surface area contributed by atoms with Crippen LogP contribution in [0.1, 0.15) is 30.0 Å². The Bertz CT molecular complexity index is 1060. The van der Waals surface area contributed by atoms with E-state index < -0.39 is 38.7 Å². The molecule has 164 valence electrons. The smallest absolute Gasteiger partial charge is 0.324 e. The van der Waals surface area contributed by atoms with Gasteiger partial charge < -0.3 is 5.32 Å². The fourth-order valence-corrected chi connectivity index (χ4v) is 4.40. The number of nitrogens with zero attached hydrogens (tertiary/aromatic N) is 1. The molecule has 0 fully saturated rings. The Morgan fingerprint density at radius 2 is 1.77 bits per heavy atom. The first kappa shape index (κ1) is 24.0. The molecule has 0 aromatic heterocycles. The fourth-order valence-electron chi connectivity index (χ4n) is 2.97. The first-order valence-corrected chi connectivity index (χ1v) is 11.2. The summed E-state index contributed by atoms with van der Waals surface area (Å²) in [5.41, 5.74) is 0.858. The van der Waals surface area contributed by atoms with Crippen molar-refractivity contribution < 1.29 is 26.4 Å². The average Bonchev–Trinajstić information content (AvgIpc) is 2.61. The molecular weight excluding hydrogens is 441 g/mol. The van der Waals surface area contributed by atoms with Gasteiger partial charge in [-0.05, 0) is 61.7 Å². The van der Waals surface area contributed by atoms with Crippen LogP contribution in [0.2, 0.25) is 5.02 Å². The molecule has 0 saturated carbocycles. The first-order valence-electron chi connectivity index (χ1n) is 9.00. The number of hydrogen-bond acceptors (Lipinski definition) is 3. The maximum atomic E-state index is 13.1. The second-order valence-electron chi connectivity index (χ2n) is 6.93. The van der Waals surface area contributed by atoms with Gasteiger partial charge in [-0.15, -0.1) is 0 Å². The van der Waals surface area contributed by atoms with Crippen LogP contribution in [-0.2, 0) is 21.0 Å². The number of rotatable bonds is 6.